The van der Waals surface area contributed by atoms with Gasteiger partial charge in [0, 0.05) is 11.8 Å². The van der Waals surface area contributed by atoms with Crippen LogP contribution < -0.4 is 0 Å². The molecule has 118 valence electrons. The molecule has 0 amide bonds. The monoisotopic (exact) mass is 330 g/mol. The minimum Gasteiger partial charge on any atom is -0.366 e. The summed E-state index contributed by atoms with van der Waals surface area (Å²) in [5.74, 6) is -0.431. The van der Waals surface area contributed by atoms with Gasteiger partial charge in [0.1, 0.15) is 23.9 Å². The summed E-state index contributed by atoms with van der Waals surface area (Å²) < 4.78 is 45.9. The van der Waals surface area contributed by atoms with Crippen LogP contribution in [0.4, 0.5) is 13.2 Å². The Labute approximate surface area is 131 Å². The van der Waals surface area contributed by atoms with Gasteiger partial charge in [-0.15, -0.1) is 0 Å². The number of hydrogen-bond acceptors (Lipinski definition) is 3. The summed E-state index contributed by atoms with van der Waals surface area (Å²) in [4.78, 5) is 7.35. The molecular formula is C15H14ClF3N2O. The lowest BCUT2D eigenvalue weighted by Crippen LogP contribution is -2.19. The molecule has 0 radical (unpaired) electrons. The van der Waals surface area contributed by atoms with Crippen LogP contribution >= 0.6 is 11.6 Å². The first kappa shape index (κ1) is 16.7. The minimum absolute atomic E-state index is 0.0443. The van der Waals surface area contributed by atoms with Gasteiger partial charge in [0.15, 0.2) is 0 Å². The van der Waals surface area contributed by atoms with Crippen LogP contribution in [0.25, 0.3) is 0 Å². The van der Waals surface area contributed by atoms with Crippen LogP contribution in [-0.4, -0.2) is 16.1 Å². The van der Waals surface area contributed by atoms with Crippen molar-refractivity contribution in [2.24, 2.45) is 0 Å². The first-order chi connectivity index (χ1) is 10.3. The van der Waals surface area contributed by atoms with Crippen LogP contribution in [0.15, 0.2) is 36.8 Å². The van der Waals surface area contributed by atoms with Gasteiger partial charge in [-0.05, 0) is 43.1 Å². The predicted molar refractivity (Wildman–Crippen MR) is 76.2 cm³/mol. The Morgan fingerprint density at radius 2 is 1.82 bits per heavy atom. The Morgan fingerprint density at radius 1 is 1.18 bits per heavy atom. The van der Waals surface area contributed by atoms with Crippen LogP contribution in [0.3, 0.4) is 0 Å². The summed E-state index contributed by atoms with van der Waals surface area (Å²) in [5.41, 5.74) is -0.0750. The number of benzene rings is 1. The van der Waals surface area contributed by atoms with E-state index in [4.69, 9.17) is 16.3 Å². The van der Waals surface area contributed by atoms with Crippen molar-refractivity contribution in [1.29, 1.82) is 0 Å². The van der Waals surface area contributed by atoms with Crippen molar-refractivity contribution >= 4 is 11.6 Å². The van der Waals surface area contributed by atoms with Gasteiger partial charge in [0.25, 0.3) is 0 Å². The van der Waals surface area contributed by atoms with E-state index >= 15 is 0 Å². The summed E-state index contributed by atoms with van der Waals surface area (Å²) in [5, 5.41) is -3.66. The number of nitrogens with zero attached hydrogens (tertiary/aromatic N) is 2. The maximum atomic E-state index is 13.6. The van der Waals surface area contributed by atoms with Gasteiger partial charge in [-0.25, -0.2) is 14.4 Å². The van der Waals surface area contributed by atoms with E-state index in [0.29, 0.717) is 5.56 Å². The second kappa shape index (κ2) is 6.62. The molecule has 1 atom stereocenters. The zero-order valence-electron chi connectivity index (χ0n) is 11.9. The normalized spacial score (nSPS) is 13.4. The predicted octanol–water partition coefficient (Wildman–Crippen LogP) is 4.42. The fraction of sp³-hybridized carbons (Fsp3) is 0.333. The highest BCUT2D eigenvalue weighted by atomic mass is 35.5. The fourth-order valence-corrected chi connectivity index (χ4v) is 2.17. The summed E-state index contributed by atoms with van der Waals surface area (Å²) in [6.07, 6.45) is 1.09. The zero-order valence-corrected chi connectivity index (χ0v) is 12.7. The first-order valence-corrected chi connectivity index (χ1v) is 6.95. The summed E-state index contributed by atoms with van der Waals surface area (Å²) in [6, 6.07) is 5.39. The van der Waals surface area contributed by atoms with Gasteiger partial charge in [-0.2, -0.15) is 8.78 Å². The van der Waals surface area contributed by atoms with Crippen LogP contribution in [0, 0.1) is 5.82 Å². The SMILES string of the molecule is CC(C)OC(c1ccc(F)cc1)c1cncnc1C(F)(F)Cl. The first-order valence-electron chi connectivity index (χ1n) is 6.57. The summed E-state index contributed by atoms with van der Waals surface area (Å²) in [6.45, 7) is 3.53. The van der Waals surface area contributed by atoms with Crippen molar-refractivity contribution in [2.75, 3.05) is 0 Å². The quantitative estimate of drug-likeness (QED) is 0.761. The molecule has 1 aromatic carbocycles. The van der Waals surface area contributed by atoms with Gasteiger partial charge >= 0.3 is 5.38 Å². The molecule has 1 aromatic heterocycles. The smallest absolute Gasteiger partial charge is 0.365 e. The highest BCUT2D eigenvalue weighted by Crippen LogP contribution is 2.38. The van der Waals surface area contributed by atoms with Gasteiger partial charge in [0.05, 0.1) is 6.10 Å². The van der Waals surface area contributed by atoms with Crippen molar-refractivity contribution in [2.45, 2.75) is 31.4 Å². The number of rotatable bonds is 5. The third-order valence-corrected chi connectivity index (χ3v) is 3.05. The van der Waals surface area contributed by atoms with Crippen LogP contribution in [0.2, 0.25) is 0 Å². The zero-order chi connectivity index (χ0) is 16.3. The standard InChI is InChI=1S/C15H14ClF3N2O/c1-9(2)22-13(10-3-5-11(17)6-4-10)12-7-20-8-21-14(12)15(16,18)19/h3-9,13H,1-2H3. The van der Waals surface area contributed by atoms with Gasteiger partial charge in [0.2, 0.25) is 0 Å². The van der Waals surface area contributed by atoms with Crippen molar-refractivity contribution in [1.82, 2.24) is 9.97 Å². The molecule has 3 nitrogen and oxygen atoms in total. The molecule has 0 saturated heterocycles. The molecule has 0 spiro atoms. The van der Waals surface area contributed by atoms with Gasteiger partial charge < -0.3 is 4.74 Å². The number of aromatic nitrogens is 2. The number of hydrogen-bond donors (Lipinski definition) is 0. The van der Waals surface area contributed by atoms with Gasteiger partial charge in [-0.3, -0.25) is 0 Å². The Hall–Kier alpha value is -1.66. The average molecular weight is 331 g/mol. The van der Waals surface area contributed by atoms with E-state index in [-0.39, 0.29) is 11.7 Å². The lowest BCUT2D eigenvalue weighted by molar-refractivity contribution is 0.0239. The number of alkyl halides is 3. The minimum atomic E-state index is -3.66. The Kier molecular flexibility index (Phi) is 5.03. The molecule has 0 aliphatic carbocycles. The molecule has 1 heterocycles. The van der Waals surface area contributed by atoms with E-state index in [9.17, 15) is 13.2 Å². The highest BCUT2D eigenvalue weighted by Gasteiger charge is 2.36. The molecule has 0 bridgehead atoms. The molecule has 0 aliphatic rings. The molecule has 2 rings (SSSR count). The third-order valence-electron chi connectivity index (χ3n) is 2.87. The largest absolute Gasteiger partial charge is 0.366 e. The molecule has 0 aliphatic heterocycles. The summed E-state index contributed by atoms with van der Waals surface area (Å²) >= 11 is 5.12. The average Bonchev–Trinajstić information content (AvgIpc) is 2.45. The Balaban J connectivity index is 2.53. The number of halogens is 4. The van der Waals surface area contributed by atoms with Crippen molar-refractivity contribution < 1.29 is 17.9 Å². The van der Waals surface area contributed by atoms with E-state index in [0.717, 1.165) is 6.33 Å². The maximum Gasteiger partial charge on any atom is 0.365 e. The van der Waals surface area contributed by atoms with Crippen LogP contribution in [0.1, 0.15) is 36.8 Å². The number of ether oxygens (including phenoxy) is 1. The van der Waals surface area contributed by atoms with Gasteiger partial charge in [-0.1, -0.05) is 12.1 Å². The molecule has 22 heavy (non-hydrogen) atoms. The summed E-state index contributed by atoms with van der Waals surface area (Å²) in [7, 11) is 0. The van der Waals surface area contributed by atoms with E-state index in [1.807, 2.05) is 0 Å². The van der Waals surface area contributed by atoms with Crippen molar-refractivity contribution in [3.05, 3.63) is 59.4 Å². The fourth-order valence-electron chi connectivity index (χ4n) is 2.01. The lowest BCUT2D eigenvalue weighted by Gasteiger charge is -2.23. The molecule has 0 N–H and O–H groups in total. The second-order valence-corrected chi connectivity index (χ2v) is 5.42. The Bertz CT molecular complexity index is 629. The van der Waals surface area contributed by atoms with E-state index in [1.165, 1.54) is 30.5 Å². The molecule has 0 fully saturated rings. The molecule has 2 aromatic rings. The molecule has 1 unspecified atom stereocenters. The van der Waals surface area contributed by atoms with E-state index < -0.39 is 23.0 Å². The topological polar surface area (TPSA) is 35.0 Å². The third kappa shape index (κ3) is 3.96. The highest BCUT2D eigenvalue weighted by molar-refractivity contribution is 6.21. The van der Waals surface area contributed by atoms with Crippen LogP contribution in [-0.2, 0) is 10.1 Å². The maximum absolute atomic E-state index is 13.6. The molecule has 0 saturated carbocycles. The van der Waals surface area contributed by atoms with E-state index in [1.54, 1.807) is 13.8 Å². The molecule has 7 heteroatoms. The Morgan fingerprint density at radius 3 is 2.36 bits per heavy atom. The molecular weight excluding hydrogens is 317 g/mol. The lowest BCUT2D eigenvalue weighted by atomic mass is 10.0. The van der Waals surface area contributed by atoms with Crippen molar-refractivity contribution in [3.8, 4) is 0 Å². The van der Waals surface area contributed by atoms with Crippen molar-refractivity contribution in [3.63, 3.8) is 0 Å². The van der Waals surface area contributed by atoms with E-state index in [2.05, 4.69) is 9.97 Å². The van der Waals surface area contributed by atoms with Crippen LogP contribution in [0.5, 0.6) is 0 Å². The second-order valence-electron chi connectivity index (χ2n) is 4.94.